The monoisotopic (exact) mass is 1080 g/mol. The van der Waals surface area contributed by atoms with Gasteiger partial charge in [0.05, 0.1) is 21.5 Å². The number of amides is 6. The highest BCUT2D eigenvalue weighted by atomic mass is 16.6. The molecule has 0 saturated heterocycles. The summed E-state index contributed by atoms with van der Waals surface area (Å²) in [5.74, 6) is -13.8. The Morgan fingerprint density at radius 3 is 1.40 bits per heavy atom. The third-order valence-electron chi connectivity index (χ3n) is 10.1. The lowest BCUT2D eigenvalue weighted by Gasteiger charge is -2.31. The fraction of sp³-hybridized carbons (Fsp3) is 0.159. The summed E-state index contributed by atoms with van der Waals surface area (Å²) in [5.41, 5.74) is 46.1. The molecular formula is C44H51N21O13. The van der Waals surface area contributed by atoms with Crippen molar-refractivity contribution in [2.24, 2.45) is 71.6 Å². The summed E-state index contributed by atoms with van der Waals surface area (Å²) in [6.07, 6.45) is -7.75. The predicted molar refractivity (Wildman–Crippen MR) is 278 cm³/mol. The van der Waals surface area contributed by atoms with Crippen LogP contribution in [0.5, 0.6) is 0 Å². The molecular weight excluding hydrogens is 1030 g/mol. The lowest BCUT2D eigenvalue weighted by molar-refractivity contribution is -0.393. The van der Waals surface area contributed by atoms with Crippen molar-refractivity contribution in [1.82, 2.24) is 26.6 Å². The van der Waals surface area contributed by atoms with Crippen LogP contribution in [-0.2, 0) is 35.3 Å². The van der Waals surface area contributed by atoms with Gasteiger partial charge in [-0.1, -0.05) is 97.1 Å². The van der Waals surface area contributed by atoms with E-state index in [0.717, 1.165) is 5.56 Å². The summed E-state index contributed by atoms with van der Waals surface area (Å²) < 4.78 is 0. The van der Waals surface area contributed by atoms with E-state index in [2.05, 4.69) is 30.6 Å². The van der Waals surface area contributed by atoms with Crippen molar-refractivity contribution < 1.29 is 53.6 Å². The number of aromatic carboxylic acids is 1. The van der Waals surface area contributed by atoms with Gasteiger partial charge in [-0.2, -0.15) is 0 Å². The van der Waals surface area contributed by atoms with E-state index < -0.39 is 141 Å². The Morgan fingerprint density at radius 2 is 0.974 bits per heavy atom. The van der Waals surface area contributed by atoms with E-state index in [-0.39, 0.29) is 11.1 Å². The molecule has 0 heterocycles. The Hall–Kier alpha value is -11.5. The van der Waals surface area contributed by atoms with Crippen LogP contribution in [0.15, 0.2) is 117 Å². The zero-order chi connectivity index (χ0) is 58.0. The van der Waals surface area contributed by atoms with Crippen LogP contribution in [0.4, 0.5) is 17.1 Å². The number of aliphatic hydroxyl groups is 1. The number of carboxylic acid groups (broad SMARTS) is 1. The summed E-state index contributed by atoms with van der Waals surface area (Å²) >= 11 is 0. The number of primary amides is 1. The van der Waals surface area contributed by atoms with Crippen molar-refractivity contribution in [1.29, 1.82) is 0 Å². The second-order valence-electron chi connectivity index (χ2n) is 15.8. The number of nitro benzene ring substituents is 2. The van der Waals surface area contributed by atoms with Crippen LogP contribution < -0.4 is 83.1 Å². The normalized spacial score (nSPS) is 12.9. The van der Waals surface area contributed by atoms with E-state index in [0.29, 0.717) is 22.6 Å². The maximum Gasteiger partial charge on any atom is 0.338 e. The van der Waals surface area contributed by atoms with Crippen molar-refractivity contribution in [3.63, 3.8) is 0 Å². The van der Waals surface area contributed by atoms with Crippen LogP contribution in [0.1, 0.15) is 38.7 Å². The first-order valence-electron chi connectivity index (χ1n) is 21.9. The van der Waals surface area contributed by atoms with Gasteiger partial charge in [-0.25, -0.2) is 24.8 Å². The summed E-state index contributed by atoms with van der Waals surface area (Å²) in [4.78, 5) is 131. The van der Waals surface area contributed by atoms with Gasteiger partial charge < -0.3 is 93.3 Å². The molecule has 6 atom stereocenters. The Balaban J connectivity index is 1.74. The number of benzene rings is 4. The van der Waals surface area contributed by atoms with Crippen LogP contribution in [0, 0.1) is 20.2 Å². The maximum atomic E-state index is 14.4. The molecule has 4 rings (SSSR count). The van der Waals surface area contributed by atoms with Gasteiger partial charge in [-0.3, -0.25) is 49.0 Å². The highest BCUT2D eigenvalue weighted by molar-refractivity contribution is 6.01. The van der Waals surface area contributed by atoms with Crippen LogP contribution in [-0.4, -0.2) is 116 Å². The summed E-state index contributed by atoms with van der Waals surface area (Å²) in [6, 6.07) is 21.1. The number of nitrogens with one attached hydrogen (secondary N) is 5. The van der Waals surface area contributed by atoms with Crippen LogP contribution in [0.2, 0.25) is 0 Å². The number of hydrogen-bond donors (Lipinski definition) is 16. The van der Waals surface area contributed by atoms with E-state index >= 15 is 0 Å². The molecule has 34 nitrogen and oxygen atoms in total. The van der Waals surface area contributed by atoms with Gasteiger partial charge in [0, 0.05) is 12.6 Å². The highest BCUT2D eigenvalue weighted by Gasteiger charge is 2.39. The van der Waals surface area contributed by atoms with Gasteiger partial charge in [-0.15, -0.1) is 0 Å². The van der Waals surface area contributed by atoms with Gasteiger partial charge in [-0.05, 0) is 22.3 Å². The summed E-state index contributed by atoms with van der Waals surface area (Å²) in [7, 11) is 0. The lowest BCUT2D eigenvalue weighted by atomic mass is 10.0. The smallest absolute Gasteiger partial charge is 0.338 e. The molecule has 0 aromatic heterocycles. The average Bonchev–Trinajstić information content (AvgIpc) is 3.37. The Morgan fingerprint density at radius 1 is 0.551 bits per heavy atom. The first-order chi connectivity index (χ1) is 36.7. The number of rotatable bonds is 25. The number of aliphatic imine (C=N–C) groups is 4. The number of nitrogens with zero attached hydrogens (tertiary/aromatic N) is 7. The molecule has 78 heavy (non-hydrogen) atoms. The van der Waals surface area contributed by atoms with E-state index in [1.54, 1.807) is 24.3 Å². The fourth-order valence-corrected chi connectivity index (χ4v) is 6.68. The number of nitrogens with two attached hydrogens (primary N) is 9. The number of anilines is 1. The van der Waals surface area contributed by atoms with Crippen LogP contribution >= 0.6 is 0 Å². The van der Waals surface area contributed by atoms with Crippen molar-refractivity contribution in [3.8, 4) is 0 Å². The summed E-state index contributed by atoms with van der Waals surface area (Å²) in [6.45, 7) is -0.696. The number of carbonyl (C=O) groups is 7. The minimum atomic E-state index is -2.67. The van der Waals surface area contributed by atoms with Gasteiger partial charge >= 0.3 is 5.97 Å². The molecule has 0 spiro atoms. The molecule has 0 radical (unpaired) electrons. The quantitative estimate of drug-likeness (QED) is 0.00737. The van der Waals surface area contributed by atoms with Gasteiger partial charge in [0.25, 0.3) is 40.9 Å². The largest absolute Gasteiger partial charge is 0.478 e. The van der Waals surface area contributed by atoms with Crippen molar-refractivity contribution >= 4 is 94.5 Å². The molecule has 410 valence electrons. The number of carboxylic acids is 1. The second-order valence-corrected chi connectivity index (χ2v) is 15.8. The molecule has 0 saturated carbocycles. The zero-order valence-corrected chi connectivity index (χ0v) is 40.3. The molecule has 6 amide bonds. The highest BCUT2D eigenvalue weighted by Crippen LogP contribution is 2.38. The number of guanidine groups is 4. The van der Waals surface area contributed by atoms with Crippen molar-refractivity contribution in [2.75, 3.05) is 4.90 Å². The number of hydrogen-bond acceptors (Lipinski definition) is 17. The first-order valence-corrected chi connectivity index (χ1v) is 21.9. The third-order valence-corrected chi connectivity index (χ3v) is 10.1. The Bertz CT molecular complexity index is 3030. The average molecular weight is 1080 g/mol. The number of carbonyl (C=O) groups excluding carboxylic acids is 6. The zero-order valence-electron chi connectivity index (χ0n) is 40.3. The number of non-ortho nitro benzene ring substituents is 1. The van der Waals surface area contributed by atoms with Gasteiger partial charge in [0.1, 0.15) is 11.7 Å². The van der Waals surface area contributed by atoms with Crippen molar-refractivity contribution in [2.45, 2.75) is 43.5 Å². The van der Waals surface area contributed by atoms with E-state index in [1.807, 2.05) is 46.3 Å². The summed E-state index contributed by atoms with van der Waals surface area (Å²) in [5, 5.41) is 56.9. The Kier molecular flexibility index (Phi) is 20.5. The van der Waals surface area contributed by atoms with E-state index in [9.17, 15) is 64.0 Å². The molecule has 34 heteroatoms. The Labute approximate surface area is 438 Å². The minimum Gasteiger partial charge on any atom is -0.478 e. The maximum absolute atomic E-state index is 14.4. The van der Waals surface area contributed by atoms with Crippen molar-refractivity contribution in [3.05, 3.63) is 145 Å². The topological polar surface area (TPSA) is 593 Å². The second kappa shape index (κ2) is 27.0. The molecule has 0 fully saturated rings. The standard InChI is InChI=1S/C44H51N21O13/c45-29(66)30(59-41(46)47)55-35(68)32(61-43(50)51)57-37(70)33(62-44(52)53)58-36(69)31(60-42(48)49)56-34(67)27(23-9-5-2-6-10-23)54-38(71)39(72)63(28-25(40(73)74)17-24(64(75)76)18-26(28)65(77)78)19-22-15-13-21(14-16-22)12-11-20-7-3-1-4-8-20/h1-18,27,30-33,39,72H,19H2,(H2,45,66)(H,54,71)(H,55,68)(H,56,67)(H,57,70)(H,58,69)(H,73,74)(H4,46,47,59)(H4,48,49,60)(H4,50,51,61)(H4,52,53,62)/b12-11+. The molecule has 0 aliphatic heterocycles. The molecule has 0 aliphatic carbocycles. The van der Waals surface area contributed by atoms with E-state index in [1.165, 1.54) is 42.5 Å². The first kappa shape index (κ1) is 59.1. The number of aliphatic hydroxyl groups excluding tert-OH is 1. The lowest BCUT2D eigenvalue weighted by Crippen LogP contribution is -2.58. The van der Waals surface area contributed by atoms with Crippen LogP contribution in [0.25, 0.3) is 12.2 Å². The molecule has 0 bridgehead atoms. The molecule has 4 aromatic carbocycles. The number of nitro groups is 2. The third kappa shape index (κ3) is 17.1. The SMILES string of the molecule is NC(=O)C(N=C(N)N)NC(=O)C(N=C(N)N)NC(=O)C(N=C(N)N)NC(=O)C(N=C(N)N)NC(=O)C(NC(=O)C(O)N(Cc1ccc(/C=C/c2ccccc2)cc1)c1c(C(=O)O)cc([N+](=O)[O-])cc1[N+](=O)[O-])c1ccccc1. The van der Waals surface area contributed by atoms with Gasteiger partial charge in [0.2, 0.25) is 36.8 Å². The van der Waals surface area contributed by atoms with Crippen LogP contribution in [0.3, 0.4) is 0 Å². The molecule has 25 N–H and O–H groups in total. The molecule has 0 aliphatic rings. The van der Waals surface area contributed by atoms with Gasteiger partial charge in [0.15, 0.2) is 23.8 Å². The molecule has 4 aromatic rings. The predicted octanol–water partition coefficient (Wildman–Crippen LogP) is -5.10. The minimum absolute atomic E-state index is 0.0853. The fourth-order valence-electron chi connectivity index (χ4n) is 6.68. The molecule has 6 unspecified atom stereocenters. The van der Waals surface area contributed by atoms with E-state index in [4.69, 9.17) is 51.6 Å².